The SMILES string of the molecule is CCOc1ccc(OCCSCC(=O)Nc2cccc(S(=O)(=O)N3CCOCC3)c2)cc1. The van der Waals surface area contributed by atoms with Crippen molar-refractivity contribution in [1.82, 2.24) is 4.31 Å². The predicted octanol–water partition coefficient (Wildman–Crippen LogP) is 2.86. The van der Waals surface area contributed by atoms with Crippen LogP contribution in [0, 0.1) is 0 Å². The number of thioether (sulfide) groups is 1. The van der Waals surface area contributed by atoms with E-state index in [2.05, 4.69) is 5.32 Å². The zero-order valence-corrected chi connectivity index (χ0v) is 19.6. The van der Waals surface area contributed by atoms with E-state index in [1.54, 1.807) is 12.1 Å². The molecule has 0 saturated carbocycles. The number of rotatable bonds is 11. The summed E-state index contributed by atoms with van der Waals surface area (Å²) in [5, 5.41) is 2.76. The van der Waals surface area contributed by atoms with Gasteiger partial charge in [-0.15, -0.1) is 11.8 Å². The Morgan fingerprint density at radius 1 is 1.09 bits per heavy atom. The Balaban J connectivity index is 1.41. The van der Waals surface area contributed by atoms with Gasteiger partial charge in [-0.3, -0.25) is 4.79 Å². The Hall–Kier alpha value is -2.27. The summed E-state index contributed by atoms with van der Waals surface area (Å²) in [5.41, 5.74) is 0.454. The van der Waals surface area contributed by atoms with E-state index in [-0.39, 0.29) is 16.6 Å². The van der Waals surface area contributed by atoms with E-state index in [0.29, 0.717) is 51.0 Å². The molecule has 1 fully saturated rings. The van der Waals surface area contributed by atoms with Gasteiger partial charge in [0.05, 0.1) is 37.1 Å². The second kappa shape index (κ2) is 12.1. The predicted molar refractivity (Wildman–Crippen MR) is 125 cm³/mol. The van der Waals surface area contributed by atoms with Crippen LogP contribution < -0.4 is 14.8 Å². The van der Waals surface area contributed by atoms with Crippen LogP contribution >= 0.6 is 11.8 Å². The van der Waals surface area contributed by atoms with Crippen LogP contribution in [0.15, 0.2) is 53.4 Å². The molecule has 0 atom stereocenters. The monoisotopic (exact) mass is 480 g/mol. The molecule has 0 unspecified atom stereocenters. The Morgan fingerprint density at radius 2 is 1.78 bits per heavy atom. The number of morpholine rings is 1. The zero-order chi connectivity index (χ0) is 22.8. The van der Waals surface area contributed by atoms with Gasteiger partial charge in [0.2, 0.25) is 15.9 Å². The number of nitrogens with zero attached hydrogens (tertiary/aromatic N) is 1. The van der Waals surface area contributed by atoms with Crippen LogP contribution in [-0.2, 0) is 19.6 Å². The van der Waals surface area contributed by atoms with E-state index in [1.165, 1.54) is 28.2 Å². The first-order valence-electron chi connectivity index (χ1n) is 10.4. The van der Waals surface area contributed by atoms with Crippen molar-refractivity contribution in [3.05, 3.63) is 48.5 Å². The van der Waals surface area contributed by atoms with Gasteiger partial charge >= 0.3 is 0 Å². The molecule has 1 amide bonds. The smallest absolute Gasteiger partial charge is 0.243 e. The number of hydrogen-bond acceptors (Lipinski definition) is 7. The highest BCUT2D eigenvalue weighted by Crippen LogP contribution is 2.21. The maximum Gasteiger partial charge on any atom is 0.243 e. The van der Waals surface area contributed by atoms with E-state index < -0.39 is 10.0 Å². The maximum atomic E-state index is 12.8. The highest BCUT2D eigenvalue weighted by atomic mass is 32.2. The van der Waals surface area contributed by atoms with Crippen molar-refractivity contribution in [3.8, 4) is 11.5 Å². The molecule has 1 aliphatic rings. The molecule has 0 bridgehead atoms. The van der Waals surface area contributed by atoms with Crippen molar-refractivity contribution in [1.29, 1.82) is 0 Å². The van der Waals surface area contributed by atoms with Crippen LogP contribution in [0.3, 0.4) is 0 Å². The Morgan fingerprint density at radius 3 is 2.47 bits per heavy atom. The van der Waals surface area contributed by atoms with E-state index >= 15 is 0 Å². The van der Waals surface area contributed by atoms with Crippen LogP contribution in [0.5, 0.6) is 11.5 Å². The largest absolute Gasteiger partial charge is 0.494 e. The minimum absolute atomic E-state index is 0.161. The van der Waals surface area contributed by atoms with Gasteiger partial charge in [0, 0.05) is 24.5 Å². The fraction of sp³-hybridized carbons (Fsp3) is 0.409. The molecule has 10 heteroatoms. The van der Waals surface area contributed by atoms with Gasteiger partial charge in [0.15, 0.2) is 0 Å². The van der Waals surface area contributed by atoms with E-state index in [1.807, 2.05) is 31.2 Å². The van der Waals surface area contributed by atoms with Crippen molar-refractivity contribution >= 4 is 33.4 Å². The molecule has 0 aromatic heterocycles. The number of benzene rings is 2. The topological polar surface area (TPSA) is 94.2 Å². The van der Waals surface area contributed by atoms with Crippen LogP contribution in [0.25, 0.3) is 0 Å². The molecule has 2 aromatic carbocycles. The van der Waals surface area contributed by atoms with Gasteiger partial charge in [-0.25, -0.2) is 8.42 Å². The molecule has 1 heterocycles. The zero-order valence-electron chi connectivity index (χ0n) is 18.0. The lowest BCUT2D eigenvalue weighted by molar-refractivity contribution is -0.113. The third-order valence-corrected chi connectivity index (χ3v) is 7.41. The van der Waals surface area contributed by atoms with Crippen LogP contribution in [0.2, 0.25) is 0 Å². The summed E-state index contributed by atoms with van der Waals surface area (Å²) in [6.07, 6.45) is 0. The van der Waals surface area contributed by atoms with Crippen molar-refractivity contribution in [2.45, 2.75) is 11.8 Å². The molecule has 0 aliphatic carbocycles. The first-order valence-corrected chi connectivity index (χ1v) is 13.0. The van der Waals surface area contributed by atoms with Crippen LogP contribution in [0.4, 0.5) is 5.69 Å². The number of ether oxygens (including phenoxy) is 3. The molecule has 1 aliphatic heterocycles. The number of nitrogens with one attached hydrogen (secondary N) is 1. The second-order valence-corrected chi connectivity index (χ2v) is 9.94. The first-order chi connectivity index (χ1) is 15.5. The normalized spacial score (nSPS) is 14.7. The second-order valence-electron chi connectivity index (χ2n) is 6.90. The highest BCUT2D eigenvalue weighted by molar-refractivity contribution is 7.99. The number of amides is 1. The Kier molecular flexibility index (Phi) is 9.22. The number of sulfonamides is 1. The molecule has 1 saturated heterocycles. The summed E-state index contributed by atoms with van der Waals surface area (Å²) in [6.45, 7) is 4.45. The van der Waals surface area contributed by atoms with E-state index in [0.717, 1.165) is 11.5 Å². The van der Waals surface area contributed by atoms with E-state index in [4.69, 9.17) is 14.2 Å². The van der Waals surface area contributed by atoms with Crippen LogP contribution in [-0.4, -0.2) is 69.7 Å². The molecule has 3 rings (SSSR count). The third kappa shape index (κ3) is 7.13. The summed E-state index contributed by atoms with van der Waals surface area (Å²) in [6, 6.07) is 13.7. The molecule has 8 nitrogen and oxygen atoms in total. The molecular weight excluding hydrogens is 452 g/mol. The fourth-order valence-corrected chi connectivity index (χ4v) is 5.11. The van der Waals surface area contributed by atoms with Crippen molar-refractivity contribution in [2.75, 3.05) is 56.3 Å². The lowest BCUT2D eigenvalue weighted by Gasteiger charge is -2.26. The maximum absolute atomic E-state index is 12.8. The Bertz CT molecular complexity index is 976. The summed E-state index contributed by atoms with van der Waals surface area (Å²) in [4.78, 5) is 12.4. The molecule has 0 spiro atoms. The van der Waals surface area contributed by atoms with Crippen LogP contribution in [0.1, 0.15) is 6.92 Å². The first kappa shape index (κ1) is 24.4. The summed E-state index contributed by atoms with van der Waals surface area (Å²) >= 11 is 1.44. The average molecular weight is 481 g/mol. The summed E-state index contributed by atoms with van der Waals surface area (Å²) in [7, 11) is -3.60. The minimum atomic E-state index is -3.60. The van der Waals surface area contributed by atoms with E-state index in [9.17, 15) is 13.2 Å². The molecule has 1 N–H and O–H groups in total. The standard InChI is InChI=1S/C22H28N2O6S2/c1-2-29-19-6-8-20(9-7-19)30-14-15-31-17-22(25)23-18-4-3-5-21(16-18)32(26,27)24-10-12-28-13-11-24/h3-9,16H,2,10-15,17H2,1H3,(H,23,25). The van der Waals surface area contributed by atoms with Crippen molar-refractivity contribution < 1.29 is 27.4 Å². The molecule has 2 aromatic rings. The average Bonchev–Trinajstić information content (AvgIpc) is 2.81. The number of hydrogen-bond donors (Lipinski definition) is 1. The van der Waals surface area contributed by atoms with Gasteiger partial charge < -0.3 is 19.5 Å². The number of carbonyl (C=O) groups excluding carboxylic acids is 1. The van der Waals surface area contributed by atoms with Gasteiger partial charge in [-0.2, -0.15) is 4.31 Å². The fourth-order valence-electron chi connectivity index (χ4n) is 3.05. The number of anilines is 1. The highest BCUT2D eigenvalue weighted by Gasteiger charge is 2.26. The molecule has 174 valence electrons. The molecular formula is C22H28N2O6S2. The van der Waals surface area contributed by atoms with Gasteiger partial charge in [-0.05, 0) is 49.4 Å². The van der Waals surface area contributed by atoms with Crippen molar-refractivity contribution in [3.63, 3.8) is 0 Å². The molecule has 0 radical (unpaired) electrons. The third-order valence-electron chi connectivity index (χ3n) is 4.59. The van der Waals surface area contributed by atoms with Gasteiger partial charge in [-0.1, -0.05) is 6.07 Å². The van der Waals surface area contributed by atoms with Crippen molar-refractivity contribution in [2.24, 2.45) is 0 Å². The minimum Gasteiger partial charge on any atom is -0.494 e. The Labute approximate surface area is 193 Å². The summed E-state index contributed by atoms with van der Waals surface area (Å²) in [5.74, 6) is 2.24. The number of carbonyl (C=O) groups is 1. The van der Waals surface area contributed by atoms with Gasteiger partial charge in [0.25, 0.3) is 0 Å². The molecule has 32 heavy (non-hydrogen) atoms. The lowest BCUT2D eigenvalue weighted by Crippen LogP contribution is -2.40. The van der Waals surface area contributed by atoms with Gasteiger partial charge in [0.1, 0.15) is 11.5 Å². The lowest BCUT2D eigenvalue weighted by atomic mass is 10.3. The quantitative estimate of drug-likeness (QED) is 0.494. The summed E-state index contributed by atoms with van der Waals surface area (Å²) < 4.78 is 43.2.